The Labute approximate surface area is 57.4 Å². The smallest absolute Gasteiger partial charge is 0.209 e. The second kappa shape index (κ2) is 1.54. The Morgan fingerprint density at radius 2 is 1.80 bits per heavy atom. The van der Waals surface area contributed by atoms with Crippen molar-refractivity contribution in [3.05, 3.63) is 0 Å². The van der Waals surface area contributed by atoms with E-state index in [-0.39, 0.29) is 17.5 Å². The van der Waals surface area contributed by atoms with Crippen molar-refractivity contribution in [2.75, 3.05) is 0 Å². The van der Waals surface area contributed by atoms with Crippen molar-refractivity contribution >= 4 is 17.3 Å². The van der Waals surface area contributed by atoms with Gasteiger partial charge >= 0.3 is 0 Å². The van der Waals surface area contributed by atoms with Crippen LogP contribution < -0.4 is 0 Å². The number of rotatable bonds is 0. The molecule has 0 amide bonds. The van der Waals surface area contributed by atoms with Gasteiger partial charge in [0.05, 0.1) is 5.92 Å². The second-order valence-corrected chi connectivity index (χ2v) is 2.88. The minimum Gasteiger partial charge on any atom is -0.299 e. The lowest BCUT2D eigenvalue weighted by Gasteiger charge is -2.03. The Hall–Kier alpha value is -0.990. The summed E-state index contributed by atoms with van der Waals surface area (Å²) < 4.78 is 0. The minimum absolute atomic E-state index is 0.0328. The zero-order valence-electron chi connectivity index (χ0n) is 5.29. The number of carbonyl (C=O) groups is 3. The minimum atomic E-state index is -0.544. The van der Waals surface area contributed by atoms with E-state index in [9.17, 15) is 14.4 Å². The highest BCUT2D eigenvalue weighted by Crippen LogP contribution is 2.36. The van der Waals surface area contributed by atoms with Crippen LogP contribution in [0.5, 0.6) is 0 Å². The summed E-state index contributed by atoms with van der Waals surface area (Å²) in [6.07, 6.45) is 0.811. The number of carbonyl (C=O) groups excluding carboxylic acids is 3. The Balaban J connectivity index is 2.41. The van der Waals surface area contributed by atoms with Crippen LogP contribution in [0.25, 0.3) is 0 Å². The molecule has 2 atom stereocenters. The lowest BCUT2D eigenvalue weighted by Crippen LogP contribution is -2.27. The Morgan fingerprint density at radius 3 is 2.20 bits per heavy atom. The summed E-state index contributed by atoms with van der Waals surface area (Å²) in [5.74, 6) is -1.58. The zero-order chi connectivity index (χ0) is 7.30. The third-order valence-corrected chi connectivity index (χ3v) is 2.29. The van der Waals surface area contributed by atoms with E-state index in [0.717, 1.165) is 0 Å². The predicted molar refractivity (Wildman–Crippen MR) is 31.2 cm³/mol. The summed E-state index contributed by atoms with van der Waals surface area (Å²) in [6, 6.07) is 0. The standard InChI is InChI=1S/C7H6O3/c8-5-2-3-1-4(5)7(10)6(3)9/h3-4H,1-2H2. The molecule has 2 aliphatic carbocycles. The fourth-order valence-electron chi connectivity index (χ4n) is 1.71. The topological polar surface area (TPSA) is 51.2 Å². The van der Waals surface area contributed by atoms with E-state index in [4.69, 9.17) is 0 Å². The van der Waals surface area contributed by atoms with Crippen LogP contribution in [0.15, 0.2) is 0 Å². The van der Waals surface area contributed by atoms with Crippen molar-refractivity contribution in [3.8, 4) is 0 Å². The lowest BCUT2D eigenvalue weighted by molar-refractivity contribution is -0.142. The average molecular weight is 138 g/mol. The third kappa shape index (κ3) is 0.478. The van der Waals surface area contributed by atoms with E-state index >= 15 is 0 Å². The van der Waals surface area contributed by atoms with Gasteiger partial charge in [0, 0.05) is 12.3 Å². The molecule has 0 saturated heterocycles. The first-order chi connectivity index (χ1) is 4.70. The molecular formula is C7H6O3. The molecule has 2 aliphatic rings. The van der Waals surface area contributed by atoms with Gasteiger partial charge in [-0.3, -0.25) is 14.4 Å². The van der Waals surface area contributed by atoms with Gasteiger partial charge < -0.3 is 0 Å². The van der Waals surface area contributed by atoms with Crippen LogP contribution in [-0.4, -0.2) is 17.3 Å². The molecule has 0 aliphatic heterocycles. The Bertz CT molecular complexity index is 241. The molecule has 10 heavy (non-hydrogen) atoms. The molecule has 2 saturated carbocycles. The Morgan fingerprint density at radius 1 is 1.10 bits per heavy atom. The number of hydrogen-bond donors (Lipinski definition) is 0. The fraction of sp³-hybridized carbons (Fsp3) is 0.571. The molecule has 52 valence electrons. The monoisotopic (exact) mass is 138 g/mol. The number of hydrogen-bond acceptors (Lipinski definition) is 3. The Kier molecular flexibility index (Phi) is 0.886. The maximum Gasteiger partial charge on any atom is 0.209 e. The summed E-state index contributed by atoms with van der Waals surface area (Å²) in [5, 5.41) is 0. The molecule has 3 heteroatoms. The van der Waals surface area contributed by atoms with Crippen molar-refractivity contribution in [3.63, 3.8) is 0 Å². The SMILES string of the molecule is O=C1C(=O)C2CC1CC2=O. The van der Waals surface area contributed by atoms with Crippen molar-refractivity contribution in [1.29, 1.82) is 0 Å². The number of Topliss-reactive ketones (excluding diaryl/α,β-unsaturated/α-hetero) is 3. The highest BCUT2D eigenvalue weighted by molar-refractivity contribution is 6.46. The van der Waals surface area contributed by atoms with Gasteiger partial charge in [0.1, 0.15) is 5.78 Å². The largest absolute Gasteiger partial charge is 0.299 e. The molecule has 2 unspecified atom stereocenters. The number of fused-ring (bicyclic) bond motifs is 2. The molecule has 3 nitrogen and oxygen atoms in total. The van der Waals surface area contributed by atoms with Gasteiger partial charge in [0.2, 0.25) is 11.6 Å². The van der Waals surface area contributed by atoms with Crippen LogP contribution in [0.1, 0.15) is 12.8 Å². The van der Waals surface area contributed by atoms with Crippen molar-refractivity contribution in [1.82, 2.24) is 0 Å². The van der Waals surface area contributed by atoms with Gasteiger partial charge in [0.15, 0.2) is 0 Å². The predicted octanol–water partition coefficient (Wildman–Crippen LogP) is -0.267. The van der Waals surface area contributed by atoms with E-state index in [1.165, 1.54) is 0 Å². The molecule has 0 N–H and O–H groups in total. The van der Waals surface area contributed by atoms with Crippen LogP contribution in [0.3, 0.4) is 0 Å². The van der Waals surface area contributed by atoms with Gasteiger partial charge in [-0.15, -0.1) is 0 Å². The van der Waals surface area contributed by atoms with Crippen molar-refractivity contribution in [2.45, 2.75) is 12.8 Å². The summed E-state index contributed by atoms with van der Waals surface area (Å²) in [4.78, 5) is 32.4. The molecule has 0 aromatic heterocycles. The lowest BCUT2D eigenvalue weighted by atomic mass is 9.97. The summed E-state index contributed by atoms with van der Waals surface area (Å²) >= 11 is 0. The maximum absolute atomic E-state index is 10.8. The van der Waals surface area contributed by atoms with Gasteiger partial charge in [-0.05, 0) is 6.42 Å². The molecule has 0 radical (unpaired) electrons. The quantitative estimate of drug-likeness (QED) is 0.342. The van der Waals surface area contributed by atoms with Gasteiger partial charge in [0.25, 0.3) is 0 Å². The molecule has 0 aromatic carbocycles. The molecule has 0 aromatic rings. The molecule has 0 heterocycles. The fourth-order valence-corrected chi connectivity index (χ4v) is 1.71. The van der Waals surface area contributed by atoms with Gasteiger partial charge in [-0.25, -0.2) is 0 Å². The molecule has 2 rings (SSSR count). The summed E-state index contributed by atoms with van der Waals surface area (Å²) in [5.41, 5.74) is 0. The molecule has 2 fully saturated rings. The van der Waals surface area contributed by atoms with Crippen LogP contribution >= 0.6 is 0 Å². The number of ketones is 3. The average Bonchev–Trinajstić information content (AvgIpc) is 2.36. The van der Waals surface area contributed by atoms with Gasteiger partial charge in [-0.1, -0.05) is 0 Å². The van der Waals surface area contributed by atoms with E-state index in [1.54, 1.807) is 0 Å². The summed E-state index contributed by atoms with van der Waals surface area (Å²) in [6.45, 7) is 0. The first kappa shape index (κ1) is 5.77. The van der Waals surface area contributed by atoms with Crippen LogP contribution in [0.4, 0.5) is 0 Å². The van der Waals surface area contributed by atoms with Crippen LogP contribution in [0.2, 0.25) is 0 Å². The van der Waals surface area contributed by atoms with Crippen LogP contribution in [0, 0.1) is 11.8 Å². The summed E-state index contributed by atoms with van der Waals surface area (Å²) in [7, 11) is 0. The first-order valence-electron chi connectivity index (χ1n) is 3.31. The first-order valence-corrected chi connectivity index (χ1v) is 3.31. The van der Waals surface area contributed by atoms with E-state index in [1.807, 2.05) is 0 Å². The van der Waals surface area contributed by atoms with Crippen molar-refractivity contribution < 1.29 is 14.4 Å². The second-order valence-electron chi connectivity index (χ2n) is 2.88. The normalized spacial score (nSPS) is 37.8. The van der Waals surface area contributed by atoms with Gasteiger partial charge in [-0.2, -0.15) is 0 Å². The highest BCUT2D eigenvalue weighted by atomic mass is 16.2. The van der Waals surface area contributed by atoms with E-state index in [0.29, 0.717) is 12.8 Å². The maximum atomic E-state index is 10.8. The molecular weight excluding hydrogens is 132 g/mol. The highest BCUT2D eigenvalue weighted by Gasteiger charge is 2.51. The van der Waals surface area contributed by atoms with E-state index in [2.05, 4.69) is 0 Å². The molecule has 2 bridgehead atoms. The van der Waals surface area contributed by atoms with Crippen LogP contribution in [-0.2, 0) is 14.4 Å². The van der Waals surface area contributed by atoms with E-state index < -0.39 is 11.7 Å². The zero-order valence-corrected chi connectivity index (χ0v) is 5.29. The third-order valence-electron chi connectivity index (χ3n) is 2.29. The molecule has 0 spiro atoms. The van der Waals surface area contributed by atoms with Crippen molar-refractivity contribution in [2.24, 2.45) is 11.8 Å².